The summed E-state index contributed by atoms with van der Waals surface area (Å²) in [7, 11) is 0. The maximum absolute atomic E-state index is 12.7. The van der Waals surface area contributed by atoms with Gasteiger partial charge in [-0.3, -0.25) is 9.69 Å². The Kier molecular flexibility index (Phi) is 5.75. The van der Waals surface area contributed by atoms with Crippen molar-refractivity contribution < 1.29 is 9.53 Å². The fraction of sp³-hybridized carbons (Fsp3) is 0.407. The van der Waals surface area contributed by atoms with Crippen LogP contribution >= 0.6 is 11.3 Å². The minimum atomic E-state index is -0.277. The number of ether oxygens (including phenoxy) is 1. The van der Waals surface area contributed by atoms with Crippen molar-refractivity contribution >= 4 is 28.1 Å². The second kappa shape index (κ2) is 8.93. The van der Waals surface area contributed by atoms with Gasteiger partial charge in [-0.2, -0.15) is 0 Å². The van der Waals surface area contributed by atoms with Crippen molar-refractivity contribution in [3.05, 3.63) is 58.6 Å². The van der Waals surface area contributed by atoms with Gasteiger partial charge in [-0.15, -0.1) is 0 Å². The molecule has 0 bridgehead atoms. The van der Waals surface area contributed by atoms with E-state index in [9.17, 15) is 4.79 Å². The third kappa shape index (κ3) is 4.53. The molecule has 2 aromatic carbocycles. The molecule has 0 atom stereocenters. The number of piperazine rings is 1. The van der Waals surface area contributed by atoms with E-state index in [4.69, 9.17) is 9.72 Å². The number of fused-ring (bicyclic) bond motifs is 2. The summed E-state index contributed by atoms with van der Waals surface area (Å²) in [5.41, 5.74) is 5.31. The highest BCUT2D eigenvalue weighted by atomic mass is 32.1. The molecule has 0 radical (unpaired) electrons. The molecule has 2 N–H and O–H groups in total. The van der Waals surface area contributed by atoms with Crippen LogP contribution in [0.1, 0.15) is 34.8 Å². The Hall–Kier alpha value is -2.94. The molecule has 1 amide bonds. The van der Waals surface area contributed by atoms with E-state index in [0.717, 1.165) is 71.8 Å². The summed E-state index contributed by atoms with van der Waals surface area (Å²) in [5, 5.41) is 7.37. The van der Waals surface area contributed by atoms with Crippen molar-refractivity contribution in [2.45, 2.75) is 32.4 Å². The van der Waals surface area contributed by atoms with Crippen LogP contribution in [0.2, 0.25) is 0 Å². The Morgan fingerprint density at radius 1 is 1.09 bits per heavy atom. The lowest BCUT2D eigenvalue weighted by atomic mass is 9.94. The van der Waals surface area contributed by atoms with Crippen LogP contribution in [0.15, 0.2) is 42.5 Å². The molecule has 0 saturated carbocycles. The second-order valence-corrected chi connectivity index (χ2v) is 11.2. The highest BCUT2D eigenvalue weighted by Crippen LogP contribution is 2.42. The van der Waals surface area contributed by atoms with Gasteiger partial charge in [0.05, 0.1) is 17.9 Å². The summed E-state index contributed by atoms with van der Waals surface area (Å²) in [4.78, 5) is 23.0. The molecule has 35 heavy (non-hydrogen) atoms. The lowest BCUT2D eigenvalue weighted by Crippen LogP contribution is -2.48. The van der Waals surface area contributed by atoms with Crippen LogP contribution in [0, 0.1) is 0 Å². The van der Waals surface area contributed by atoms with E-state index in [-0.39, 0.29) is 11.4 Å². The van der Waals surface area contributed by atoms with E-state index in [1.807, 2.05) is 13.8 Å². The molecule has 1 aromatic heterocycles. The number of nitrogens with one attached hydrogen (secondary N) is 2. The number of thiazole rings is 1. The Morgan fingerprint density at radius 3 is 2.77 bits per heavy atom. The lowest BCUT2D eigenvalue weighted by molar-refractivity contribution is 0.0901. The SMILES string of the molecule is CC1(C)Cc2nc(N3CCOc4ccc(-c5cccc(CN6CCNCC6)c5)cc43)sc2C(=O)N1. The molecule has 0 spiro atoms. The molecule has 1 fully saturated rings. The monoisotopic (exact) mass is 489 g/mol. The molecule has 182 valence electrons. The zero-order valence-corrected chi connectivity index (χ0v) is 21.1. The van der Waals surface area contributed by atoms with Gasteiger partial charge < -0.3 is 20.3 Å². The molecule has 3 aliphatic rings. The van der Waals surface area contributed by atoms with Gasteiger partial charge in [-0.25, -0.2) is 4.98 Å². The average molecular weight is 490 g/mol. The first-order valence-corrected chi connectivity index (χ1v) is 13.2. The van der Waals surface area contributed by atoms with Gasteiger partial charge in [-0.1, -0.05) is 35.6 Å². The molecule has 6 rings (SSSR count). The molecule has 0 unspecified atom stereocenters. The van der Waals surface area contributed by atoms with E-state index in [1.165, 1.54) is 22.5 Å². The van der Waals surface area contributed by atoms with E-state index >= 15 is 0 Å². The van der Waals surface area contributed by atoms with Gasteiger partial charge in [0.25, 0.3) is 5.91 Å². The van der Waals surface area contributed by atoms with E-state index in [0.29, 0.717) is 13.2 Å². The topological polar surface area (TPSA) is 69.7 Å². The van der Waals surface area contributed by atoms with Crippen molar-refractivity contribution in [2.24, 2.45) is 0 Å². The fourth-order valence-electron chi connectivity index (χ4n) is 5.15. The first kappa shape index (κ1) is 22.5. The number of carbonyl (C=O) groups is 1. The summed E-state index contributed by atoms with van der Waals surface area (Å²) in [6, 6.07) is 15.2. The zero-order chi connectivity index (χ0) is 24.0. The average Bonchev–Trinajstić information content (AvgIpc) is 3.27. The largest absolute Gasteiger partial charge is 0.490 e. The fourth-order valence-corrected chi connectivity index (χ4v) is 6.17. The molecule has 4 heterocycles. The number of hydrogen-bond donors (Lipinski definition) is 2. The number of hydrogen-bond acceptors (Lipinski definition) is 7. The lowest BCUT2D eigenvalue weighted by Gasteiger charge is -2.30. The van der Waals surface area contributed by atoms with Gasteiger partial charge in [0.15, 0.2) is 5.13 Å². The Morgan fingerprint density at radius 2 is 1.91 bits per heavy atom. The summed E-state index contributed by atoms with van der Waals surface area (Å²) in [6.45, 7) is 10.6. The minimum Gasteiger partial charge on any atom is -0.490 e. The van der Waals surface area contributed by atoms with Crippen molar-refractivity contribution in [2.75, 3.05) is 44.2 Å². The Labute approximate surface area is 210 Å². The Bertz CT molecular complexity index is 1260. The van der Waals surface area contributed by atoms with Crippen molar-refractivity contribution in [1.82, 2.24) is 20.5 Å². The number of benzene rings is 2. The molecule has 0 aliphatic carbocycles. The first-order valence-electron chi connectivity index (χ1n) is 12.3. The van der Waals surface area contributed by atoms with Gasteiger partial charge >= 0.3 is 0 Å². The third-order valence-corrected chi connectivity index (χ3v) is 8.00. The summed E-state index contributed by atoms with van der Waals surface area (Å²) >= 11 is 1.47. The quantitative estimate of drug-likeness (QED) is 0.581. The highest BCUT2D eigenvalue weighted by Gasteiger charge is 2.34. The van der Waals surface area contributed by atoms with Crippen LogP contribution in [0.3, 0.4) is 0 Å². The number of aromatic nitrogens is 1. The summed E-state index contributed by atoms with van der Waals surface area (Å²) in [5.74, 6) is 0.832. The normalized spacial score (nSPS) is 19.5. The van der Waals surface area contributed by atoms with Gasteiger partial charge in [0.2, 0.25) is 0 Å². The predicted octanol–water partition coefficient (Wildman–Crippen LogP) is 3.81. The van der Waals surface area contributed by atoms with Gasteiger partial charge in [0.1, 0.15) is 17.2 Å². The number of rotatable bonds is 4. The van der Waals surface area contributed by atoms with Crippen molar-refractivity contribution in [3.63, 3.8) is 0 Å². The minimum absolute atomic E-state index is 0.0245. The maximum Gasteiger partial charge on any atom is 0.263 e. The van der Waals surface area contributed by atoms with Crippen LogP contribution in [0.4, 0.5) is 10.8 Å². The van der Waals surface area contributed by atoms with Crippen molar-refractivity contribution in [1.29, 1.82) is 0 Å². The number of anilines is 2. The van der Waals surface area contributed by atoms with Crippen LogP contribution < -0.4 is 20.3 Å². The zero-order valence-electron chi connectivity index (χ0n) is 20.3. The molecule has 1 saturated heterocycles. The van der Waals surface area contributed by atoms with Crippen LogP contribution in [0.25, 0.3) is 11.1 Å². The highest BCUT2D eigenvalue weighted by molar-refractivity contribution is 7.17. The molecular formula is C27H31N5O2S. The van der Waals surface area contributed by atoms with Crippen molar-refractivity contribution in [3.8, 4) is 16.9 Å². The molecule has 3 aliphatic heterocycles. The van der Waals surface area contributed by atoms with Crippen LogP contribution in [-0.4, -0.2) is 60.7 Å². The van der Waals surface area contributed by atoms with E-state index in [1.54, 1.807) is 0 Å². The summed E-state index contributed by atoms with van der Waals surface area (Å²) < 4.78 is 5.99. The third-order valence-electron chi connectivity index (χ3n) is 6.88. The standard InChI is InChI=1S/C27H31N5O2S/c1-27(2)16-21-24(25(33)30-27)35-26(29-21)32-12-13-34-23-7-6-20(15-22(23)32)19-5-3-4-18(14-19)17-31-10-8-28-9-11-31/h3-7,14-15,28H,8-13,16-17H2,1-2H3,(H,30,33). The predicted molar refractivity (Wildman–Crippen MR) is 140 cm³/mol. The van der Waals surface area contributed by atoms with Gasteiger partial charge in [-0.05, 0) is 48.7 Å². The van der Waals surface area contributed by atoms with Crippen LogP contribution in [0.5, 0.6) is 5.75 Å². The molecule has 8 heteroatoms. The number of nitrogens with zero attached hydrogens (tertiary/aromatic N) is 3. The summed E-state index contributed by atoms with van der Waals surface area (Å²) in [6.07, 6.45) is 0.738. The van der Waals surface area contributed by atoms with E-state index in [2.05, 4.69) is 62.9 Å². The maximum atomic E-state index is 12.7. The molecular weight excluding hydrogens is 458 g/mol. The number of carbonyl (C=O) groups excluding carboxylic acids is 1. The van der Waals surface area contributed by atoms with E-state index < -0.39 is 0 Å². The van der Waals surface area contributed by atoms with Crippen LogP contribution in [-0.2, 0) is 13.0 Å². The van der Waals surface area contributed by atoms with Gasteiger partial charge in [0, 0.05) is 44.7 Å². The molecule has 3 aromatic rings. The molecule has 7 nitrogen and oxygen atoms in total. The second-order valence-electron chi connectivity index (χ2n) is 10.2. The Balaban J connectivity index is 1.31. The number of amides is 1. The smallest absolute Gasteiger partial charge is 0.263 e. The first-order chi connectivity index (χ1) is 16.9.